The summed E-state index contributed by atoms with van der Waals surface area (Å²) in [4.78, 5) is 25.5. The zero-order chi connectivity index (χ0) is 21.5. The number of hydrogen-bond donors (Lipinski definition) is 3. The van der Waals surface area contributed by atoms with E-state index in [1.165, 1.54) is 24.3 Å². The Morgan fingerprint density at radius 2 is 2.00 bits per heavy atom. The summed E-state index contributed by atoms with van der Waals surface area (Å²) >= 11 is 0. The van der Waals surface area contributed by atoms with Gasteiger partial charge in [0.2, 0.25) is 5.91 Å². The summed E-state index contributed by atoms with van der Waals surface area (Å²) < 4.78 is 19.6. The minimum absolute atomic E-state index is 0.0378. The lowest BCUT2D eigenvalue weighted by atomic mass is 10.1. The number of aromatic carboxylic acids is 1. The molecule has 0 fully saturated rings. The van der Waals surface area contributed by atoms with E-state index in [2.05, 4.69) is 5.32 Å². The number of hydrogen-bond acceptors (Lipinski definition) is 5. The van der Waals surface area contributed by atoms with E-state index in [1.807, 2.05) is 0 Å². The summed E-state index contributed by atoms with van der Waals surface area (Å²) in [6.07, 6.45) is 2.46. The smallest absolute Gasteiger partial charge is 0.335 e. The molecule has 160 valence electrons. The minimum atomic E-state index is -1.05. The van der Waals surface area contributed by atoms with Gasteiger partial charge in [-0.05, 0) is 37.5 Å². The molecule has 0 atom stereocenters. The van der Waals surface area contributed by atoms with Crippen LogP contribution in [0.3, 0.4) is 0 Å². The van der Waals surface area contributed by atoms with Gasteiger partial charge in [0.05, 0.1) is 18.7 Å². The lowest BCUT2D eigenvalue weighted by Gasteiger charge is -2.24. The first kappa shape index (κ1) is 21.6. The fourth-order valence-corrected chi connectivity index (χ4v) is 3.36. The van der Waals surface area contributed by atoms with Crippen molar-refractivity contribution in [1.82, 2.24) is 10.2 Å². The number of phenolic OH excluding ortho intramolecular Hbond substituents is 1. The second kappa shape index (κ2) is 10.1. The molecule has 1 aliphatic heterocycles. The van der Waals surface area contributed by atoms with Crippen LogP contribution in [0.15, 0.2) is 36.4 Å². The van der Waals surface area contributed by atoms with Crippen LogP contribution in [-0.4, -0.2) is 46.7 Å². The average Bonchev–Trinajstić information content (AvgIpc) is 2.72. The molecule has 0 aromatic heterocycles. The topological polar surface area (TPSA) is 99.1 Å². The van der Waals surface area contributed by atoms with Crippen LogP contribution in [-0.2, 0) is 17.9 Å². The first-order valence-electron chi connectivity index (χ1n) is 9.88. The number of nitrogens with zero attached hydrogens (tertiary/aromatic N) is 1. The highest BCUT2D eigenvalue weighted by Gasteiger charge is 2.19. The number of carbonyl (C=O) groups is 2. The molecule has 3 N–H and O–H groups in total. The largest absolute Gasteiger partial charge is 0.505 e. The van der Waals surface area contributed by atoms with Crippen LogP contribution in [0.1, 0.15) is 40.7 Å². The number of ether oxygens (including phenoxy) is 1. The molecule has 1 amide bonds. The number of nitrogens with one attached hydrogen (secondary N) is 1. The van der Waals surface area contributed by atoms with Gasteiger partial charge in [-0.1, -0.05) is 18.2 Å². The van der Waals surface area contributed by atoms with E-state index >= 15 is 0 Å². The molecule has 30 heavy (non-hydrogen) atoms. The molecular formula is C22H25FN2O5. The van der Waals surface area contributed by atoms with Crippen molar-refractivity contribution in [2.75, 3.05) is 19.7 Å². The van der Waals surface area contributed by atoms with E-state index in [1.54, 1.807) is 17.0 Å². The number of halogens is 1. The normalized spacial score (nSPS) is 16.2. The molecule has 0 saturated heterocycles. The van der Waals surface area contributed by atoms with Crippen LogP contribution in [0.4, 0.5) is 4.39 Å². The van der Waals surface area contributed by atoms with Crippen molar-refractivity contribution in [2.24, 2.45) is 0 Å². The lowest BCUT2D eigenvalue weighted by molar-refractivity contribution is -0.122. The van der Waals surface area contributed by atoms with Crippen LogP contribution in [0.2, 0.25) is 0 Å². The molecule has 8 heteroatoms. The molecule has 3 rings (SSSR count). The van der Waals surface area contributed by atoms with Gasteiger partial charge in [0, 0.05) is 30.8 Å². The third-order valence-electron chi connectivity index (χ3n) is 4.94. The number of para-hydroxylation sites is 1. The van der Waals surface area contributed by atoms with Crippen LogP contribution >= 0.6 is 0 Å². The standard InChI is InChI=1S/C22H25FN2O5/c23-18-6-4-5-17(21(18)27)13-25-12-16-8-7-15(22(28)29)11-19(16)30-10-3-1-2-9-24-20(26)14-25/h4-8,11,27H,1-3,9-10,12-14H2,(H,24,26)(H,28,29). The Balaban J connectivity index is 1.91. The molecule has 1 aliphatic rings. The number of carboxylic acid groups (broad SMARTS) is 1. The van der Waals surface area contributed by atoms with Crippen LogP contribution < -0.4 is 10.1 Å². The molecule has 0 bridgehead atoms. The molecule has 1 heterocycles. The minimum Gasteiger partial charge on any atom is -0.505 e. The van der Waals surface area contributed by atoms with E-state index in [-0.39, 0.29) is 31.1 Å². The highest BCUT2D eigenvalue weighted by Crippen LogP contribution is 2.26. The van der Waals surface area contributed by atoms with Gasteiger partial charge < -0.3 is 20.3 Å². The Kier molecular flexibility index (Phi) is 7.24. The SMILES string of the molecule is O=C1CN(Cc2cccc(F)c2O)Cc2ccc(C(=O)O)cc2OCCCCCN1. The number of phenols is 1. The molecule has 0 spiro atoms. The molecule has 2 aromatic rings. The van der Waals surface area contributed by atoms with Crippen LogP contribution in [0.25, 0.3) is 0 Å². The maximum absolute atomic E-state index is 13.8. The first-order chi connectivity index (χ1) is 14.4. The third kappa shape index (κ3) is 5.70. The van der Waals surface area contributed by atoms with Crippen molar-refractivity contribution in [1.29, 1.82) is 0 Å². The van der Waals surface area contributed by atoms with Crippen molar-refractivity contribution < 1.29 is 28.9 Å². The van der Waals surface area contributed by atoms with E-state index in [0.29, 0.717) is 30.0 Å². The summed E-state index contributed by atoms with van der Waals surface area (Å²) in [7, 11) is 0. The van der Waals surface area contributed by atoms with Gasteiger partial charge in [-0.25, -0.2) is 9.18 Å². The molecule has 2 aromatic carbocycles. The van der Waals surface area contributed by atoms with Gasteiger partial charge in [0.25, 0.3) is 0 Å². The second-order valence-electron chi connectivity index (χ2n) is 7.28. The number of carbonyl (C=O) groups excluding carboxylic acids is 1. The monoisotopic (exact) mass is 416 g/mol. The molecule has 7 nitrogen and oxygen atoms in total. The second-order valence-corrected chi connectivity index (χ2v) is 7.28. The first-order valence-corrected chi connectivity index (χ1v) is 9.88. The highest BCUT2D eigenvalue weighted by atomic mass is 19.1. The van der Waals surface area contributed by atoms with E-state index in [0.717, 1.165) is 19.3 Å². The van der Waals surface area contributed by atoms with Crippen molar-refractivity contribution in [3.63, 3.8) is 0 Å². The Labute approximate surface area is 174 Å². The lowest BCUT2D eigenvalue weighted by Crippen LogP contribution is -2.37. The summed E-state index contributed by atoms with van der Waals surface area (Å²) in [6.45, 7) is 1.43. The fraction of sp³-hybridized carbons (Fsp3) is 0.364. The number of fused-ring (bicyclic) bond motifs is 1. The predicted molar refractivity (Wildman–Crippen MR) is 108 cm³/mol. The van der Waals surface area contributed by atoms with Crippen LogP contribution in [0.5, 0.6) is 11.5 Å². The van der Waals surface area contributed by atoms with Gasteiger partial charge in [0.15, 0.2) is 11.6 Å². The van der Waals surface area contributed by atoms with Crippen molar-refractivity contribution in [3.8, 4) is 11.5 Å². The van der Waals surface area contributed by atoms with Crippen LogP contribution in [0, 0.1) is 5.82 Å². The average molecular weight is 416 g/mol. The molecule has 0 saturated carbocycles. The number of carboxylic acids is 1. The molecular weight excluding hydrogens is 391 g/mol. The van der Waals surface area contributed by atoms with E-state index < -0.39 is 17.5 Å². The van der Waals surface area contributed by atoms with E-state index in [9.17, 15) is 24.2 Å². The maximum atomic E-state index is 13.8. The van der Waals surface area contributed by atoms with Gasteiger partial charge >= 0.3 is 5.97 Å². The van der Waals surface area contributed by atoms with Gasteiger partial charge in [-0.15, -0.1) is 0 Å². The zero-order valence-corrected chi connectivity index (χ0v) is 16.6. The number of aromatic hydroxyl groups is 1. The zero-order valence-electron chi connectivity index (χ0n) is 16.6. The van der Waals surface area contributed by atoms with Gasteiger partial charge in [-0.3, -0.25) is 9.69 Å². The van der Waals surface area contributed by atoms with Crippen molar-refractivity contribution in [3.05, 3.63) is 58.9 Å². The Morgan fingerprint density at radius 3 is 2.80 bits per heavy atom. The summed E-state index contributed by atoms with van der Waals surface area (Å²) in [6, 6.07) is 8.90. The number of amides is 1. The summed E-state index contributed by atoms with van der Waals surface area (Å²) in [5.74, 6) is -1.95. The Hall–Kier alpha value is -3.13. The summed E-state index contributed by atoms with van der Waals surface area (Å²) in [5.41, 5.74) is 1.19. The number of rotatable bonds is 3. The molecule has 0 unspecified atom stereocenters. The Bertz CT molecular complexity index is 918. The highest BCUT2D eigenvalue weighted by molar-refractivity contribution is 5.88. The molecule has 0 aliphatic carbocycles. The third-order valence-corrected chi connectivity index (χ3v) is 4.94. The summed E-state index contributed by atoms with van der Waals surface area (Å²) in [5, 5.41) is 22.2. The van der Waals surface area contributed by atoms with Crippen molar-refractivity contribution in [2.45, 2.75) is 32.4 Å². The maximum Gasteiger partial charge on any atom is 0.335 e. The van der Waals surface area contributed by atoms with Gasteiger partial charge in [0.1, 0.15) is 5.75 Å². The van der Waals surface area contributed by atoms with Crippen molar-refractivity contribution >= 4 is 11.9 Å². The quantitative estimate of drug-likeness (QED) is 0.712. The predicted octanol–water partition coefficient (Wildman–Crippen LogP) is 2.91. The van der Waals surface area contributed by atoms with Gasteiger partial charge in [-0.2, -0.15) is 0 Å². The van der Waals surface area contributed by atoms with E-state index in [4.69, 9.17) is 4.74 Å². The fourth-order valence-electron chi connectivity index (χ4n) is 3.36. The Morgan fingerprint density at radius 1 is 1.17 bits per heavy atom. The molecule has 0 radical (unpaired) electrons. The number of benzene rings is 2.